The van der Waals surface area contributed by atoms with E-state index in [2.05, 4.69) is 11.9 Å². The summed E-state index contributed by atoms with van der Waals surface area (Å²) < 4.78 is 1.81. The van der Waals surface area contributed by atoms with Gasteiger partial charge in [0.15, 0.2) is 0 Å². The van der Waals surface area contributed by atoms with Crippen molar-refractivity contribution in [1.82, 2.24) is 9.55 Å². The molecule has 0 aliphatic heterocycles. The molecule has 1 saturated carbocycles. The third-order valence-electron chi connectivity index (χ3n) is 4.49. The summed E-state index contributed by atoms with van der Waals surface area (Å²) >= 11 is 6.27. The lowest BCUT2D eigenvalue weighted by atomic mass is 10.1. The van der Waals surface area contributed by atoms with E-state index in [0.717, 1.165) is 18.0 Å². The predicted molar refractivity (Wildman–Crippen MR) is 86.8 cm³/mol. The van der Waals surface area contributed by atoms with Gasteiger partial charge in [-0.05, 0) is 43.7 Å². The van der Waals surface area contributed by atoms with Crippen LogP contribution in [0.4, 0.5) is 0 Å². The number of hydrogen-bond donors (Lipinski definition) is 0. The summed E-state index contributed by atoms with van der Waals surface area (Å²) in [7, 11) is 0. The highest BCUT2D eigenvalue weighted by Crippen LogP contribution is 2.32. The SMILES string of the molecule is CC1CCC(Cn2c(C(C)Cl)nc3ccccc3c2=O)C1. The molecule has 3 nitrogen and oxygen atoms in total. The number of para-hydroxylation sites is 1. The number of nitrogens with zero attached hydrogens (tertiary/aromatic N) is 2. The second-order valence-electron chi connectivity index (χ2n) is 6.30. The van der Waals surface area contributed by atoms with Crippen molar-refractivity contribution in [3.05, 3.63) is 40.4 Å². The van der Waals surface area contributed by atoms with Gasteiger partial charge in [-0.15, -0.1) is 11.6 Å². The number of alkyl halides is 1. The molecule has 112 valence electrons. The van der Waals surface area contributed by atoms with Gasteiger partial charge in [-0.1, -0.05) is 25.5 Å². The van der Waals surface area contributed by atoms with Crippen molar-refractivity contribution in [3.8, 4) is 0 Å². The van der Waals surface area contributed by atoms with Crippen LogP contribution in [0.3, 0.4) is 0 Å². The minimum absolute atomic E-state index is 0.0441. The molecule has 0 spiro atoms. The maximum Gasteiger partial charge on any atom is 0.261 e. The molecule has 1 heterocycles. The number of fused-ring (bicyclic) bond motifs is 1. The van der Waals surface area contributed by atoms with Crippen molar-refractivity contribution in [2.45, 2.75) is 45.0 Å². The quantitative estimate of drug-likeness (QED) is 0.799. The molecule has 3 unspecified atom stereocenters. The highest BCUT2D eigenvalue weighted by atomic mass is 35.5. The van der Waals surface area contributed by atoms with Crippen LogP contribution in [-0.2, 0) is 6.54 Å². The number of rotatable bonds is 3. The number of hydrogen-bond acceptors (Lipinski definition) is 2. The molecule has 21 heavy (non-hydrogen) atoms. The van der Waals surface area contributed by atoms with E-state index in [1.165, 1.54) is 19.3 Å². The van der Waals surface area contributed by atoms with Crippen molar-refractivity contribution in [2.24, 2.45) is 11.8 Å². The Kier molecular flexibility index (Phi) is 4.03. The average Bonchev–Trinajstić information content (AvgIpc) is 2.87. The fraction of sp³-hybridized carbons (Fsp3) is 0.529. The van der Waals surface area contributed by atoms with E-state index in [0.29, 0.717) is 17.1 Å². The van der Waals surface area contributed by atoms with Crippen LogP contribution in [0.15, 0.2) is 29.1 Å². The highest BCUT2D eigenvalue weighted by Gasteiger charge is 2.24. The van der Waals surface area contributed by atoms with E-state index in [9.17, 15) is 4.79 Å². The van der Waals surface area contributed by atoms with Gasteiger partial charge in [-0.3, -0.25) is 9.36 Å². The van der Waals surface area contributed by atoms with Gasteiger partial charge >= 0.3 is 0 Å². The van der Waals surface area contributed by atoms with E-state index in [4.69, 9.17) is 11.6 Å². The lowest BCUT2D eigenvalue weighted by molar-refractivity contribution is 0.422. The van der Waals surface area contributed by atoms with Gasteiger partial charge in [-0.2, -0.15) is 0 Å². The second-order valence-corrected chi connectivity index (χ2v) is 6.96. The Balaban J connectivity index is 2.08. The van der Waals surface area contributed by atoms with E-state index in [1.807, 2.05) is 35.8 Å². The molecule has 3 rings (SSSR count). The first kappa shape index (κ1) is 14.6. The maximum absolute atomic E-state index is 12.8. The summed E-state index contributed by atoms with van der Waals surface area (Å²) in [6.07, 6.45) is 3.64. The summed E-state index contributed by atoms with van der Waals surface area (Å²) in [5.41, 5.74) is 0.781. The normalized spacial score (nSPS) is 23.6. The molecule has 1 aliphatic rings. The Labute approximate surface area is 130 Å². The fourth-order valence-corrected chi connectivity index (χ4v) is 3.58. The number of benzene rings is 1. The van der Waals surface area contributed by atoms with E-state index in [-0.39, 0.29) is 10.9 Å². The minimum atomic E-state index is -0.263. The van der Waals surface area contributed by atoms with Crippen LogP contribution in [0.2, 0.25) is 0 Å². The van der Waals surface area contributed by atoms with Crippen LogP contribution < -0.4 is 5.56 Å². The Morgan fingerprint density at radius 1 is 1.38 bits per heavy atom. The molecular weight excluding hydrogens is 284 g/mol. The molecule has 3 atom stereocenters. The Hall–Kier alpha value is -1.35. The Bertz CT molecular complexity index is 707. The minimum Gasteiger partial charge on any atom is -0.295 e. The number of aromatic nitrogens is 2. The van der Waals surface area contributed by atoms with Gasteiger partial charge < -0.3 is 0 Å². The molecule has 0 bridgehead atoms. The molecule has 1 aromatic carbocycles. The Morgan fingerprint density at radius 2 is 2.14 bits per heavy atom. The summed E-state index contributed by atoms with van der Waals surface area (Å²) in [6.45, 7) is 4.91. The monoisotopic (exact) mass is 304 g/mol. The van der Waals surface area contributed by atoms with Crippen molar-refractivity contribution >= 4 is 22.5 Å². The molecule has 1 fully saturated rings. The zero-order chi connectivity index (χ0) is 15.0. The predicted octanol–water partition coefficient (Wildman–Crippen LogP) is 4.13. The molecule has 0 radical (unpaired) electrons. The standard InChI is InChI=1S/C17H21ClN2O/c1-11-7-8-13(9-11)10-20-16(12(2)18)19-15-6-4-3-5-14(15)17(20)21/h3-6,11-13H,7-10H2,1-2H3. The van der Waals surface area contributed by atoms with Crippen LogP contribution in [0.5, 0.6) is 0 Å². The van der Waals surface area contributed by atoms with Crippen molar-refractivity contribution in [2.75, 3.05) is 0 Å². The first-order chi connectivity index (χ1) is 10.1. The van der Waals surface area contributed by atoms with Crippen LogP contribution in [-0.4, -0.2) is 9.55 Å². The summed E-state index contributed by atoms with van der Waals surface area (Å²) in [4.78, 5) is 17.4. The molecule has 4 heteroatoms. The zero-order valence-electron chi connectivity index (χ0n) is 12.6. The van der Waals surface area contributed by atoms with Crippen LogP contribution in [0.1, 0.15) is 44.3 Å². The number of halogens is 1. The van der Waals surface area contributed by atoms with Gasteiger partial charge in [0.1, 0.15) is 5.82 Å². The largest absolute Gasteiger partial charge is 0.295 e. The summed E-state index contributed by atoms with van der Waals surface area (Å²) in [5, 5.41) is 0.422. The zero-order valence-corrected chi connectivity index (χ0v) is 13.3. The van der Waals surface area contributed by atoms with Crippen molar-refractivity contribution in [1.29, 1.82) is 0 Å². The molecular formula is C17H21ClN2O. The summed E-state index contributed by atoms with van der Waals surface area (Å²) in [5.74, 6) is 2.02. The lowest BCUT2D eigenvalue weighted by Gasteiger charge is -2.18. The lowest BCUT2D eigenvalue weighted by Crippen LogP contribution is -2.28. The maximum atomic E-state index is 12.8. The third kappa shape index (κ3) is 2.84. The molecule has 1 aliphatic carbocycles. The van der Waals surface area contributed by atoms with Gasteiger partial charge in [-0.25, -0.2) is 4.98 Å². The topological polar surface area (TPSA) is 34.9 Å². The molecule has 1 aromatic heterocycles. The highest BCUT2D eigenvalue weighted by molar-refractivity contribution is 6.20. The van der Waals surface area contributed by atoms with Crippen molar-refractivity contribution < 1.29 is 0 Å². The summed E-state index contributed by atoms with van der Waals surface area (Å²) in [6, 6.07) is 7.51. The van der Waals surface area contributed by atoms with Gasteiger partial charge in [0.05, 0.1) is 16.3 Å². The van der Waals surface area contributed by atoms with Crippen LogP contribution in [0, 0.1) is 11.8 Å². The van der Waals surface area contributed by atoms with Crippen LogP contribution in [0.25, 0.3) is 10.9 Å². The Morgan fingerprint density at radius 3 is 2.81 bits per heavy atom. The van der Waals surface area contributed by atoms with E-state index >= 15 is 0 Å². The second kappa shape index (κ2) is 5.80. The van der Waals surface area contributed by atoms with E-state index in [1.54, 1.807) is 0 Å². The van der Waals surface area contributed by atoms with Gasteiger partial charge in [0, 0.05) is 6.54 Å². The molecule has 0 saturated heterocycles. The smallest absolute Gasteiger partial charge is 0.261 e. The first-order valence-corrected chi connectivity index (χ1v) is 8.13. The molecule has 0 N–H and O–H groups in total. The first-order valence-electron chi connectivity index (χ1n) is 7.69. The van der Waals surface area contributed by atoms with E-state index < -0.39 is 0 Å². The average molecular weight is 305 g/mol. The molecule has 0 amide bonds. The van der Waals surface area contributed by atoms with Crippen molar-refractivity contribution in [3.63, 3.8) is 0 Å². The van der Waals surface area contributed by atoms with Gasteiger partial charge in [0.2, 0.25) is 0 Å². The molecule has 2 aromatic rings. The third-order valence-corrected chi connectivity index (χ3v) is 4.69. The van der Waals surface area contributed by atoms with Crippen LogP contribution >= 0.6 is 11.6 Å². The van der Waals surface area contributed by atoms with Gasteiger partial charge in [0.25, 0.3) is 5.56 Å². The fourth-order valence-electron chi connectivity index (χ4n) is 3.41.